The average Bonchev–Trinajstić information content (AvgIpc) is 3.56. The molecule has 0 aliphatic carbocycles. The van der Waals surface area contributed by atoms with E-state index in [-0.39, 0.29) is 31.2 Å². The molecule has 0 spiro atoms. The lowest BCUT2D eigenvalue weighted by atomic mass is 9.99. The molecule has 2 aromatic heterocycles. The van der Waals surface area contributed by atoms with Gasteiger partial charge in [0.25, 0.3) is 0 Å². The minimum Gasteiger partial charge on any atom is -0.495 e. The zero-order valence-electron chi connectivity index (χ0n) is 30.3. The van der Waals surface area contributed by atoms with E-state index in [9.17, 15) is 14.4 Å². The number of alkyl carbamates (subject to hydrolysis) is 1. The number of carbonyl (C=O) groups excluding carboxylic acids is 3. The first kappa shape index (κ1) is 38.1. The van der Waals surface area contributed by atoms with Gasteiger partial charge >= 0.3 is 6.09 Å². The molecule has 272 valence electrons. The maximum absolute atomic E-state index is 13.3. The van der Waals surface area contributed by atoms with Crippen molar-refractivity contribution in [1.29, 1.82) is 0 Å². The number of hydrogen-bond donors (Lipinski definition) is 3. The van der Waals surface area contributed by atoms with E-state index in [0.717, 1.165) is 32.3 Å². The van der Waals surface area contributed by atoms with Crippen LogP contribution in [0.15, 0.2) is 47.5 Å². The van der Waals surface area contributed by atoms with Crippen molar-refractivity contribution in [3.8, 4) is 22.6 Å². The van der Waals surface area contributed by atoms with E-state index in [0.29, 0.717) is 46.6 Å². The van der Waals surface area contributed by atoms with Gasteiger partial charge in [0, 0.05) is 39.7 Å². The average molecular weight is 744 g/mol. The molecule has 3 amide bonds. The van der Waals surface area contributed by atoms with Gasteiger partial charge in [0.2, 0.25) is 11.8 Å². The molecular formula is C38H42ClN7O5S. The number of rotatable bonds is 10. The molecule has 4 aromatic rings. The Bertz CT molecular complexity index is 2070. The number of fused-ring (bicyclic) bond motifs is 3. The monoisotopic (exact) mass is 743 g/mol. The van der Waals surface area contributed by atoms with Crippen molar-refractivity contribution in [3.63, 3.8) is 0 Å². The van der Waals surface area contributed by atoms with Crippen LogP contribution in [-0.4, -0.2) is 64.2 Å². The summed E-state index contributed by atoms with van der Waals surface area (Å²) in [7, 11) is 1.53. The Kier molecular flexibility index (Phi) is 12.0. The Morgan fingerprint density at radius 3 is 2.48 bits per heavy atom. The van der Waals surface area contributed by atoms with Crippen molar-refractivity contribution >= 4 is 52.2 Å². The first-order chi connectivity index (χ1) is 24.7. The van der Waals surface area contributed by atoms with E-state index in [4.69, 9.17) is 26.1 Å². The molecule has 0 unspecified atom stereocenters. The first-order valence-electron chi connectivity index (χ1n) is 16.8. The number of carbonyl (C=O) groups is 3. The lowest BCUT2D eigenvalue weighted by molar-refractivity contribution is -0.122. The first-order valence-corrected chi connectivity index (χ1v) is 18.0. The van der Waals surface area contributed by atoms with Crippen LogP contribution in [0.3, 0.4) is 0 Å². The van der Waals surface area contributed by atoms with Gasteiger partial charge in [0.15, 0.2) is 5.82 Å². The van der Waals surface area contributed by atoms with Crippen LogP contribution < -0.4 is 20.7 Å². The maximum atomic E-state index is 13.3. The Hall–Kier alpha value is -5.19. The molecule has 0 fully saturated rings. The highest BCUT2D eigenvalue weighted by Crippen LogP contribution is 2.39. The second-order valence-electron chi connectivity index (χ2n) is 13.2. The van der Waals surface area contributed by atoms with Crippen molar-refractivity contribution in [1.82, 2.24) is 25.4 Å². The van der Waals surface area contributed by atoms with Crippen LogP contribution in [0.5, 0.6) is 5.75 Å². The Labute approximate surface area is 312 Å². The van der Waals surface area contributed by atoms with Crippen molar-refractivity contribution in [2.45, 2.75) is 72.4 Å². The summed E-state index contributed by atoms with van der Waals surface area (Å²) in [5, 5.41) is 18.8. The fourth-order valence-electron chi connectivity index (χ4n) is 5.53. The van der Waals surface area contributed by atoms with E-state index >= 15 is 0 Å². The van der Waals surface area contributed by atoms with Gasteiger partial charge in [0.1, 0.15) is 28.2 Å². The third-order valence-electron chi connectivity index (χ3n) is 8.06. The van der Waals surface area contributed by atoms with Crippen molar-refractivity contribution in [2.24, 2.45) is 4.99 Å². The second kappa shape index (κ2) is 16.4. The molecular weight excluding hydrogens is 702 g/mol. The number of nitrogens with zero attached hydrogens (tertiary/aromatic N) is 4. The van der Waals surface area contributed by atoms with Crippen molar-refractivity contribution < 1.29 is 23.9 Å². The van der Waals surface area contributed by atoms with Gasteiger partial charge in [-0.25, -0.2) is 4.79 Å². The van der Waals surface area contributed by atoms with Gasteiger partial charge in [-0.1, -0.05) is 35.6 Å². The summed E-state index contributed by atoms with van der Waals surface area (Å²) in [6, 6.07) is 12.1. The zero-order chi connectivity index (χ0) is 37.6. The smallest absolute Gasteiger partial charge is 0.408 e. The predicted molar refractivity (Wildman–Crippen MR) is 203 cm³/mol. The number of aryl methyl sites for hydroxylation is 2. The molecule has 0 radical (unpaired) electrons. The van der Waals surface area contributed by atoms with Gasteiger partial charge in [-0.2, -0.15) is 0 Å². The normalized spacial score (nSPS) is 13.4. The summed E-state index contributed by atoms with van der Waals surface area (Å²) < 4.78 is 12.6. The van der Waals surface area contributed by atoms with E-state index < -0.39 is 17.7 Å². The molecule has 2 aromatic carbocycles. The number of aliphatic imine (C=N–C) groups is 1. The second-order valence-corrected chi connectivity index (χ2v) is 14.8. The number of thiophene rings is 1. The third-order valence-corrected chi connectivity index (χ3v) is 9.51. The number of aromatic nitrogens is 3. The molecule has 14 heteroatoms. The lowest BCUT2D eigenvalue weighted by Crippen LogP contribution is -2.32. The van der Waals surface area contributed by atoms with Gasteiger partial charge in [0.05, 0.1) is 31.4 Å². The number of benzene rings is 2. The molecule has 1 atom stereocenters. The molecule has 1 aliphatic rings. The molecule has 0 bridgehead atoms. The fourth-order valence-corrected chi connectivity index (χ4v) is 6.87. The van der Waals surface area contributed by atoms with Crippen LogP contribution in [0.4, 0.5) is 10.5 Å². The molecule has 52 heavy (non-hydrogen) atoms. The predicted octanol–water partition coefficient (Wildman–Crippen LogP) is 6.61. The fraction of sp³-hybridized carbons (Fsp3) is 0.368. The molecule has 0 saturated heterocycles. The van der Waals surface area contributed by atoms with Crippen LogP contribution >= 0.6 is 22.9 Å². The highest BCUT2D eigenvalue weighted by molar-refractivity contribution is 7.15. The summed E-state index contributed by atoms with van der Waals surface area (Å²) in [6.45, 7) is 11.8. The number of halogens is 1. The zero-order valence-corrected chi connectivity index (χ0v) is 31.8. The highest BCUT2D eigenvalue weighted by Gasteiger charge is 2.32. The molecule has 3 N–H and O–H groups in total. The van der Waals surface area contributed by atoms with Crippen LogP contribution in [-0.2, 0) is 14.3 Å². The quantitative estimate of drug-likeness (QED) is 0.122. The summed E-state index contributed by atoms with van der Waals surface area (Å²) in [5.41, 5.74) is 4.26. The Balaban J connectivity index is 1.19. The Morgan fingerprint density at radius 1 is 1.02 bits per heavy atom. The van der Waals surface area contributed by atoms with E-state index in [2.05, 4.69) is 51.8 Å². The number of hydrogen-bond acceptors (Lipinski definition) is 9. The van der Waals surface area contributed by atoms with Gasteiger partial charge in [-0.15, -0.1) is 21.5 Å². The van der Waals surface area contributed by atoms with Crippen LogP contribution in [0.1, 0.15) is 84.9 Å². The minimum atomic E-state index is -0.609. The number of methoxy groups -OCH3 is 1. The van der Waals surface area contributed by atoms with Crippen molar-refractivity contribution in [2.75, 3.05) is 25.5 Å². The molecule has 1 aliphatic heterocycles. The summed E-state index contributed by atoms with van der Waals surface area (Å²) >= 11 is 7.86. The topological polar surface area (TPSA) is 149 Å². The van der Waals surface area contributed by atoms with Gasteiger partial charge < -0.3 is 25.4 Å². The number of anilines is 1. The highest BCUT2D eigenvalue weighted by atomic mass is 35.5. The van der Waals surface area contributed by atoms with Gasteiger partial charge in [-0.05, 0) is 83.9 Å². The van der Waals surface area contributed by atoms with Crippen molar-refractivity contribution in [3.05, 3.63) is 86.3 Å². The number of ether oxygens (including phenoxy) is 2. The van der Waals surface area contributed by atoms with Crippen LogP contribution in [0, 0.1) is 32.6 Å². The number of amides is 3. The summed E-state index contributed by atoms with van der Waals surface area (Å²) in [5.74, 6) is 7.24. The largest absolute Gasteiger partial charge is 0.495 e. The third kappa shape index (κ3) is 9.37. The van der Waals surface area contributed by atoms with Crippen LogP contribution in [0.25, 0.3) is 5.00 Å². The van der Waals surface area contributed by atoms with Crippen LogP contribution in [0.2, 0.25) is 5.02 Å². The molecule has 3 heterocycles. The number of nitrogens with one attached hydrogen (secondary N) is 3. The van der Waals surface area contributed by atoms with Gasteiger partial charge in [-0.3, -0.25) is 19.1 Å². The lowest BCUT2D eigenvalue weighted by Gasteiger charge is -2.19. The maximum Gasteiger partial charge on any atom is 0.408 e. The molecule has 12 nitrogen and oxygen atoms in total. The molecule has 0 saturated carbocycles. The minimum absolute atomic E-state index is 0.0529. The SMILES string of the molecule is COc1ccc(NC(=O)CCCNC(=O)C[C@@H]2N=C(c3ccc(Cl)cc3)c3c(sc(C)c3C)-n3c(C)nnc32)cc1C#CCNC(=O)OC(C)(C)C. The standard InChI is InChI=1S/C38H42ClN7O5S/c1-22-23(2)52-36-33(22)34(25-12-14-27(39)15-13-25)43-29(35-45-44-24(3)46(35)36)21-32(48)40-18-9-11-31(47)42-28-16-17-30(50-7)26(20-28)10-8-19-41-37(49)51-38(4,5)6/h12-17,20,29H,9,11,18-19,21H2,1-7H3,(H,40,48)(H,41,49)(H,42,47)/t29-/m0/s1. The van der Waals surface area contributed by atoms with E-state index in [1.807, 2.05) is 35.8 Å². The summed E-state index contributed by atoms with van der Waals surface area (Å²) in [4.78, 5) is 44.3. The summed E-state index contributed by atoms with van der Waals surface area (Å²) in [6.07, 6.45) is 0.0965. The molecule has 5 rings (SSSR count). The van der Waals surface area contributed by atoms with E-state index in [1.165, 1.54) is 7.11 Å². The van der Waals surface area contributed by atoms with E-state index in [1.54, 1.807) is 50.3 Å². The Morgan fingerprint density at radius 2 is 1.77 bits per heavy atom.